The molecule has 0 N–H and O–H groups in total. The number of benzene rings is 2. The highest BCUT2D eigenvalue weighted by molar-refractivity contribution is 5.61. The third-order valence-corrected chi connectivity index (χ3v) is 3.49. The average Bonchev–Trinajstić information content (AvgIpc) is 2.54. The number of rotatable bonds is 6. The van der Waals surface area contributed by atoms with E-state index in [1.165, 1.54) is 11.1 Å². The Bertz CT molecular complexity index is 600. The van der Waals surface area contributed by atoms with Crippen LogP contribution in [0.1, 0.15) is 24.5 Å². The molecule has 2 aromatic rings. The minimum Gasteiger partial charge on any atom is -0.497 e. The van der Waals surface area contributed by atoms with Gasteiger partial charge in [0.2, 0.25) is 0 Å². The average molecular weight is 282 g/mol. The third kappa shape index (κ3) is 4.38. The fourth-order valence-electron chi connectivity index (χ4n) is 2.28. The number of ether oxygens (including phenoxy) is 2. The maximum absolute atomic E-state index is 5.41. The summed E-state index contributed by atoms with van der Waals surface area (Å²) in [5.74, 6) is 1.72. The van der Waals surface area contributed by atoms with Crippen molar-refractivity contribution in [3.63, 3.8) is 0 Å². The van der Waals surface area contributed by atoms with Gasteiger partial charge in [0.15, 0.2) is 0 Å². The number of allylic oxidation sites excluding steroid dienone is 1. The van der Waals surface area contributed by atoms with Gasteiger partial charge in [0.05, 0.1) is 14.2 Å². The van der Waals surface area contributed by atoms with Crippen LogP contribution in [0.25, 0.3) is 6.08 Å². The fraction of sp³-hybridized carbons (Fsp3) is 0.263. The van der Waals surface area contributed by atoms with E-state index in [9.17, 15) is 0 Å². The van der Waals surface area contributed by atoms with Crippen molar-refractivity contribution in [3.05, 3.63) is 65.2 Å². The zero-order valence-electron chi connectivity index (χ0n) is 12.9. The number of hydrogen-bond acceptors (Lipinski definition) is 2. The molecule has 21 heavy (non-hydrogen) atoms. The highest BCUT2D eigenvalue weighted by Gasteiger charge is 2.03. The van der Waals surface area contributed by atoms with E-state index in [0.717, 1.165) is 29.9 Å². The Kier molecular flexibility index (Phi) is 5.44. The predicted octanol–water partition coefficient (Wildman–Crippen LogP) is 4.74. The third-order valence-electron chi connectivity index (χ3n) is 3.49. The van der Waals surface area contributed by atoms with E-state index < -0.39 is 0 Å². The number of methoxy groups -OCH3 is 2. The molecule has 0 saturated heterocycles. The van der Waals surface area contributed by atoms with E-state index >= 15 is 0 Å². The number of aryl methyl sites for hydroxylation is 1. The second-order valence-corrected chi connectivity index (χ2v) is 5.08. The molecule has 2 heteroatoms. The first-order chi connectivity index (χ1) is 10.2. The molecule has 0 fully saturated rings. The summed E-state index contributed by atoms with van der Waals surface area (Å²) in [6.45, 7) is 2.15. The molecule has 0 unspecified atom stereocenters. The summed E-state index contributed by atoms with van der Waals surface area (Å²) in [4.78, 5) is 0. The molecule has 110 valence electrons. The van der Waals surface area contributed by atoms with Crippen LogP contribution in [0.2, 0.25) is 0 Å². The molecule has 0 aliphatic carbocycles. The molecule has 2 rings (SSSR count). The zero-order chi connectivity index (χ0) is 15.1. The van der Waals surface area contributed by atoms with Crippen LogP contribution in [0.5, 0.6) is 11.5 Å². The first-order valence-electron chi connectivity index (χ1n) is 7.16. The van der Waals surface area contributed by atoms with Crippen LogP contribution >= 0.6 is 0 Å². The molecule has 2 aromatic carbocycles. The molecule has 0 aliphatic rings. The summed E-state index contributed by atoms with van der Waals surface area (Å²) in [5, 5.41) is 0. The monoisotopic (exact) mass is 282 g/mol. The molecular weight excluding hydrogens is 260 g/mol. The van der Waals surface area contributed by atoms with Crippen molar-refractivity contribution in [1.82, 2.24) is 0 Å². The molecular formula is C19H22O2. The summed E-state index contributed by atoms with van der Waals surface area (Å²) in [5.41, 5.74) is 3.75. The summed E-state index contributed by atoms with van der Waals surface area (Å²) >= 11 is 0. The van der Waals surface area contributed by atoms with Gasteiger partial charge >= 0.3 is 0 Å². The van der Waals surface area contributed by atoms with Gasteiger partial charge in [-0.25, -0.2) is 0 Å². The normalized spacial score (nSPS) is 11.3. The van der Waals surface area contributed by atoms with E-state index in [0.29, 0.717) is 0 Å². The maximum Gasteiger partial charge on any atom is 0.126 e. The zero-order valence-corrected chi connectivity index (χ0v) is 12.9. The van der Waals surface area contributed by atoms with Crippen molar-refractivity contribution in [2.24, 2.45) is 0 Å². The van der Waals surface area contributed by atoms with Crippen LogP contribution in [0.4, 0.5) is 0 Å². The Labute approximate surface area is 127 Å². The lowest BCUT2D eigenvalue weighted by molar-refractivity contribution is 0.402. The minimum absolute atomic E-state index is 0.845. The predicted molar refractivity (Wildman–Crippen MR) is 88.0 cm³/mol. The first-order valence-corrected chi connectivity index (χ1v) is 7.16. The highest BCUT2D eigenvalue weighted by atomic mass is 16.5. The van der Waals surface area contributed by atoms with Crippen molar-refractivity contribution in [2.75, 3.05) is 14.2 Å². The lowest BCUT2D eigenvalue weighted by Gasteiger charge is -2.09. The Hall–Kier alpha value is -2.22. The molecule has 0 saturated carbocycles. The van der Waals surface area contributed by atoms with Crippen LogP contribution in [0.15, 0.2) is 54.1 Å². The molecule has 0 spiro atoms. The van der Waals surface area contributed by atoms with Crippen LogP contribution < -0.4 is 9.47 Å². The van der Waals surface area contributed by atoms with Crippen LogP contribution in [-0.2, 0) is 6.42 Å². The van der Waals surface area contributed by atoms with E-state index in [4.69, 9.17) is 9.47 Å². The first kappa shape index (κ1) is 15.2. The molecule has 0 aliphatic heterocycles. The maximum atomic E-state index is 5.41. The van der Waals surface area contributed by atoms with Crippen molar-refractivity contribution in [1.29, 1.82) is 0 Å². The van der Waals surface area contributed by atoms with Crippen molar-refractivity contribution >= 4 is 6.08 Å². The van der Waals surface area contributed by atoms with Gasteiger partial charge in [0, 0.05) is 5.56 Å². The van der Waals surface area contributed by atoms with E-state index in [-0.39, 0.29) is 0 Å². The van der Waals surface area contributed by atoms with Crippen molar-refractivity contribution in [2.45, 2.75) is 19.8 Å². The second kappa shape index (κ2) is 7.53. The lowest BCUT2D eigenvalue weighted by atomic mass is 10.0. The molecule has 2 nitrogen and oxygen atoms in total. The van der Waals surface area contributed by atoms with Gasteiger partial charge in [-0.15, -0.1) is 0 Å². The largest absolute Gasteiger partial charge is 0.497 e. The standard InChI is InChI=1S/C19H22O2/c1-15(9-10-16-7-5-4-6-8-16)13-17-14-18(20-2)11-12-19(17)21-3/h4-8,11-14H,9-10H2,1-3H3/b15-13+. The molecule has 0 aromatic heterocycles. The lowest BCUT2D eigenvalue weighted by Crippen LogP contribution is -1.91. The van der Waals surface area contributed by atoms with Crippen LogP contribution in [0.3, 0.4) is 0 Å². The van der Waals surface area contributed by atoms with Gasteiger partial charge in [-0.1, -0.05) is 42.0 Å². The van der Waals surface area contributed by atoms with Gasteiger partial charge in [0.1, 0.15) is 11.5 Å². The highest BCUT2D eigenvalue weighted by Crippen LogP contribution is 2.26. The Balaban J connectivity index is 2.10. The van der Waals surface area contributed by atoms with E-state index in [1.807, 2.05) is 24.3 Å². The van der Waals surface area contributed by atoms with Gasteiger partial charge < -0.3 is 9.47 Å². The summed E-state index contributed by atoms with van der Waals surface area (Å²) < 4.78 is 10.7. The molecule has 0 amide bonds. The Morgan fingerprint density at radius 2 is 1.76 bits per heavy atom. The van der Waals surface area contributed by atoms with E-state index in [2.05, 4.69) is 37.3 Å². The SMILES string of the molecule is COc1ccc(OC)c(/C=C(\C)CCc2ccccc2)c1. The van der Waals surface area contributed by atoms with Gasteiger partial charge in [-0.05, 0) is 43.5 Å². The Morgan fingerprint density at radius 1 is 1.00 bits per heavy atom. The van der Waals surface area contributed by atoms with Gasteiger partial charge in [-0.3, -0.25) is 0 Å². The van der Waals surface area contributed by atoms with Crippen molar-refractivity contribution < 1.29 is 9.47 Å². The summed E-state index contributed by atoms with van der Waals surface area (Å²) in [7, 11) is 3.37. The quantitative estimate of drug-likeness (QED) is 0.762. The summed E-state index contributed by atoms with van der Waals surface area (Å²) in [6, 6.07) is 16.4. The molecule has 0 heterocycles. The van der Waals surface area contributed by atoms with Crippen LogP contribution in [0, 0.1) is 0 Å². The van der Waals surface area contributed by atoms with Gasteiger partial charge in [-0.2, -0.15) is 0 Å². The molecule has 0 atom stereocenters. The molecule has 0 radical (unpaired) electrons. The fourth-order valence-corrected chi connectivity index (χ4v) is 2.28. The topological polar surface area (TPSA) is 18.5 Å². The van der Waals surface area contributed by atoms with Crippen LogP contribution in [-0.4, -0.2) is 14.2 Å². The second-order valence-electron chi connectivity index (χ2n) is 5.08. The van der Waals surface area contributed by atoms with E-state index in [1.54, 1.807) is 14.2 Å². The molecule has 0 bridgehead atoms. The number of hydrogen-bond donors (Lipinski definition) is 0. The smallest absolute Gasteiger partial charge is 0.126 e. The van der Waals surface area contributed by atoms with Crippen molar-refractivity contribution in [3.8, 4) is 11.5 Å². The minimum atomic E-state index is 0.845. The Morgan fingerprint density at radius 3 is 2.43 bits per heavy atom. The summed E-state index contributed by atoms with van der Waals surface area (Å²) in [6.07, 6.45) is 4.25. The van der Waals surface area contributed by atoms with Gasteiger partial charge in [0.25, 0.3) is 0 Å².